The molecule has 0 aliphatic carbocycles. The van der Waals surface area contributed by atoms with Crippen LogP contribution in [-0.2, 0) is 14.3 Å². The zero-order valence-corrected chi connectivity index (χ0v) is 16.1. The molecular formula is C21H19Cl2NO3. The van der Waals surface area contributed by atoms with Gasteiger partial charge in [0, 0.05) is 24.7 Å². The lowest BCUT2D eigenvalue weighted by Gasteiger charge is -2.23. The fourth-order valence-corrected chi connectivity index (χ4v) is 3.23. The third-order valence-corrected chi connectivity index (χ3v) is 5.07. The van der Waals surface area contributed by atoms with E-state index in [2.05, 4.69) is 0 Å². The van der Waals surface area contributed by atoms with Crippen molar-refractivity contribution >= 4 is 41.2 Å². The molecule has 0 aromatic heterocycles. The summed E-state index contributed by atoms with van der Waals surface area (Å²) in [7, 11) is 0. The van der Waals surface area contributed by atoms with Gasteiger partial charge in [-0.15, -0.1) is 0 Å². The molecule has 3 rings (SSSR count). The fourth-order valence-electron chi connectivity index (χ4n) is 2.93. The lowest BCUT2D eigenvalue weighted by atomic mass is 10.1. The number of carbonyl (C=O) groups excluding carboxylic acids is 2. The first-order valence-electron chi connectivity index (χ1n) is 8.72. The molecule has 2 aromatic rings. The minimum Gasteiger partial charge on any atom is -0.444 e. The van der Waals surface area contributed by atoms with Crippen LogP contribution in [0.25, 0.3) is 6.08 Å². The molecule has 1 heterocycles. The normalized spacial score (nSPS) is 15.1. The third-order valence-electron chi connectivity index (χ3n) is 4.33. The molecule has 0 radical (unpaired) electrons. The fraction of sp³-hybridized carbons (Fsp3) is 0.238. The van der Waals surface area contributed by atoms with Crippen LogP contribution in [0.3, 0.4) is 0 Å². The first-order chi connectivity index (χ1) is 13.0. The van der Waals surface area contributed by atoms with Gasteiger partial charge in [-0.05, 0) is 36.6 Å². The van der Waals surface area contributed by atoms with Gasteiger partial charge < -0.3 is 9.64 Å². The van der Waals surface area contributed by atoms with Crippen LogP contribution in [0.5, 0.6) is 0 Å². The van der Waals surface area contributed by atoms with Gasteiger partial charge in [0.05, 0.1) is 10.0 Å². The van der Waals surface area contributed by atoms with Crippen molar-refractivity contribution in [3.63, 3.8) is 0 Å². The van der Waals surface area contributed by atoms with E-state index >= 15 is 0 Å². The molecule has 1 aliphatic heterocycles. The largest absolute Gasteiger partial charge is 0.444 e. The van der Waals surface area contributed by atoms with E-state index in [0.717, 1.165) is 12.8 Å². The molecule has 1 fully saturated rings. The van der Waals surface area contributed by atoms with Crippen LogP contribution in [-0.4, -0.2) is 29.9 Å². The highest BCUT2D eigenvalue weighted by molar-refractivity contribution is 6.42. The molecule has 1 aliphatic rings. The molecule has 1 saturated heterocycles. The lowest BCUT2D eigenvalue weighted by molar-refractivity contribution is -0.156. The maximum Gasteiger partial charge on any atom is 0.331 e. The summed E-state index contributed by atoms with van der Waals surface area (Å²) in [5.41, 5.74) is 1.37. The number of esters is 1. The van der Waals surface area contributed by atoms with Gasteiger partial charge in [-0.1, -0.05) is 59.6 Å². The predicted octanol–water partition coefficient (Wildman–Crippen LogP) is 4.91. The molecule has 1 amide bonds. The average molecular weight is 404 g/mol. The summed E-state index contributed by atoms with van der Waals surface area (Å²) < 4.78 is 5.51. The maximum absolute atomic E-state index is 12.8. The summed E-state index contributed by atoms with van der Waals surface area (Å²) >= 11 is 11.9. The van der Waals surface area contributed by atoms with Gasteiger partial charge in [-0.3, -0.25) is 4.79 Å². The van der Waals surface area contributed by atoms with Crippen LogP contribution in [0.15, 0.2) is 54.6 Å². The summed E-state index contributed by atoms with van der Waals surface area (Å²) in [6.45, 7) is 1.39. The number of hydrogen-bond acceptors (Lipinski definition) is 3. The summed E-state index contributed by atoms with van der Waals surface area (Å²) in [4.78, 5) is 26.9. The van der Waals surface area contributed by atoms with Crippen LogP contribution < -0.4 is 0 Å². The molecule has 27 heavy (non-hydrogen) atoms. The van der Waals surface area contributed by atoms with Gasteiger partial charge in [0.1, 0.15) is 0 Å². The molecule has 6 heteroatoms. The molecule has 0 bridgehead atoms. The maximum atomic E-state index is 12.8. The van der Waals surface area contributed by atoms with Gasteiger partial charge in [0.25, 0.3) is 5.91 Å². The monoisotopic (exact) mass is 403 g/mol. The Hall–Kier alpha value is -2.30. The Bertz CT molecular complexity index is 846. The van der Waals surface area contributed by atoms with Crippen LogP contribution >= 0.6 is 23.2 Å². The second-order valence-electron chi connectivity index (χ2n) is 6.27. The molecule has 0 N–H and O–H groups in total. The number of nitrogens with zero attached hydrogens (tertiary/aromatic N) is 1. The molecule has 0 unspecified atom stereocenters. The Morgan fingerprint density at radius 3 is 2.37 bits per heavy atom. The number of halogens is 2. The third kappa shape index (κ3) is 5.12. The van der Waals surface area contributed by atoms with Crippen molar-refractivity contribution in [3.8, 4) is 0 Å². The molecule has 2 aromatic carbocycles. The highest BCUT2D eigenvalue weighted by atomic mass is 35.5. The van der Waals surface area contributed by atoms with Crippen molar-refractivity contribution in [3.05, 3.63) is 75.8 Å². The number of benzene rings is 2. The zero-order chi connectivity index (χ0) is 19.2. The highest BCUT2D eigenvalue weighted by Crippen LogP contribution is 2.25. The van der Waals surface area contributed by atoms with E-state index in [0.29, 0.717) is 34.3 Å². The standard InChI is InChI=1S/C21H19Cl2NO3/c22-17-10-8-15(14-18(17)23)9-11-19(25)27-20(16-6-2-1-3-7-16)21(26)24-12-4-5-13-24/h1-3,6-11,14,20H,4-5,12-13H2/b11-9+/t20-/m0/s1. The summed E-state index contributed by atoms with van der Waals surface area (Å²) in [6.07, 6.45) is 3.85. The van der Waals surface area contributed by atoms with Crippen molar-refractivity contribution in [2.24, 2.45) is 0 Å². The molecule has 140 valence electrons. The average Bonchev–Trinajstić information content (AvgIpc) is 3.22. The quantitative estimate of drug-likeness (QED) is 0.525. The van der Waals surface area contributed by atoms with Gasteiger partial charge in [-0.2, -0.15) is 0 Å². The summed E-state index contributed by atoms with van der Waals surface area (Å²) in [5, 5.41) is 0.843. The number of carbonyl (C=O) groups is 2. The molecule has 0 spiro atoms. The van der Waals surface area contributed by atoms with Crippen LogP contribution in [0, 0.1) is 0 Å². The van der Waals surface area contributed by atoms with Crippen molar-refractivity contribution in [1.29, 1.82) is 0 Å². The SMILES string of the molecule is O=C(/C=C/c1ccc(Cl)c(Cl)c1)O[C@H](C(=O)N1CCCC1)c1ccccc1. The minimum atomic E-state index is -0.949. The van der Waals surface area contributed by atoms with Crippen LogP contribution in [0.1, 0.15) is 30.1 Å². The molecule has 0 saturated carbocycles. The molecular weight excluding hydrogens is 385 g/mol. The zero-order valence-electron chi connectivity index (χ0n) is 14.6. The number of hydrogen-bond donors (Lipinski definition) is 0. The topological polar surface area (TPSA) is 46.6 Å². The van der Waals surface area contributed by atoms with Gasteiger partial charge >= 0.3 is 5.97 Å². The van der Waals surface area contributed by atoms with E-state index in [1.165, 1.54) is 6.08 Å². The first-order valence-corrected chi connectivity index (χ1v) is 9.47. The lowest BCUT2D eigenvalue weighted by Crippen LogP contribution is -2.34. The number of amides is 1. The number of likely N-dealkylation sites (tertiary alicyclic amines) is 1. The highest BCUT2D eigenvalue weighted by Gasteiger charge is 2.30. The van der Waals surface area contributed by atoms with E-state index in [-0.39, 0.29) is 5.91 Å². The minimum absolute atomic E-state index is 0.185. The Labute approximate surface area is 168 Å². The van der Waals surface area contributed by atoms with Gasteiger partial charge in [0.2, 0.25) is 6.10 Å². The van der Waals surface area contributed by atoms with Gasteiger partial charge in [-0.25, -0.2) is 4.79 Å². The predicted molar refractivity (Wildman–Crippen MR) is 107 cm³/mol. The Kier molecular flexibility index (Phi) is 6.54. The Morgan fingerprint density at radius 2 is 1.70 bits per heavy atom. The van der Waals surface area contributed by atoms with Crippen molar-refractivity contribution in [2.45, 2.75) is 18.9 Å². The Morgan fingerprint density at radius 1 is 1.00 bits per heavy atom. The Balaban J connectivity index is 1.74. The summed E-state index contributed by atoms with van der Waals surface area (Å²) in [6, 6.07) is 14.1. The van der Waals surface area contributed by atoms with Crippen molar-refractivity contribution in [1.82, 2.24) is 4.90 Å². The van der Waals surface area contributed by atoms with E-state index in [1.54, 1.807) is 41.3 Å². The van der Waals surface area contributed by atoms with E-state index in [1.807, 2.05) is 18.2 Å². The molecule has 4 nitrogen and oxygen atoms in total. The summed E-state index contributed by atoms with van der Waals surface area (Å²) in [5.74, 6) is -0.780. The van der Waals surface area contributed by atoms with Crippen LogP contribution in [0.4, 0.5) is 0 Å². The second kappa shape index (κ2) is 9.07. The molecule has 1 atom stereocenters. The van der Waals surface area contributed by atoms with Crippen molar-refractivity contribution in [2.75, 3.05) is 13.1 Å². The number of ether oxygens (including phenoxy) is 1. The number of rotatable bonds is 5. The van der Waals surface area contributed by atoms with E-state index in [4.69, 9.17) is 27.9 Å². The smallest absolute Gasteiger partial charge is 0.331 e. The van der Waals surface area contributed by atoms with E-state index < -0.39 is 12.1 Å². The van der Waals surface area contributed by atoms with Gasteiger partial charge in [0.15, 0.2) is 0 Å². The second-order valence-corrected chi connectivity index (χ2v) is 7.08. The van der Waals surface area contributed by atoms with Crippen molar-refractivity contribution < 1.29 is 14.3 Å². The first kappa shape index (κ1) is 19.5. The van der Waals surface area contributed by atoms with E-state index in [9.17, 15) is 9.59 Å². The van der Waals surface area contributed by atoms with Crippen LogP contribution in [0.2, 0.25) is 10.0 Å².